The van der Waals surface area contributed by atoms with Gasteiger partial charge >= 0.3 is 40.5 Å². The van der Waals surface area contributed by atoms with Crippen LogP contribution in [-0.2, 0) is 24.6 Å². The SMILES string of the molecule is O=C(O)[CH2][W]. The number of aliphatic carboxylic acids is 1. The Hall–Kier alpha value is 0.158. The summed E-state index contributed by atoms with van der Waals surface area (Å²) in [5, 5.41) is 7.74. The zero-order valence-electron chi connectivity index (χ0n) is 2.47. The van der Waals surface area contributed by atoms with Crippen molar-refractivity contribution in [2.24, 2.45) is 0 Å². The van der Waals surface area contributed by atoms with E-state index in [-0.39, 0.29) is 0 Å². The minimum absolute atomic E-state index is 0.306. The summed E-state index contributed by atoms with van der Waals surface area (Å²) in [5.41, 5.74) is 0. The third-order valence-electron chi connectivity index (χ3n) is 0.123. The van der Waals surface area contributed by atoms with Gasteiger partial charge in [0.2, 0.25) is 0 Å². The van der Waals surface area contributed by atoms with E-state index in [1.807, 2.05) is 0 Å². The Morgan fingerprint density at radius 1 is 2.00 bits per heavy atom. The summed E-state index contributed by atoms with van der Waals surface area (Å²) in [6, 6.07) is 0. The average molecular weight is 243 g/mol. The zero-order chi connectivity index (χ0) is 4.28. The summed E-state index contributed by atoms with van der Waals surface area (Å²) in [7, 11) is 0. The molecule has 29 valence electrons. The molecule has 0 aromatic rings. The van der Waals surface area contributed by atoms with Crippen molar-refractivity contribution in [1.29, 1.82) is 0 Å². The second kappa shape index (κ2) is 2.40. The molecular weight excluding hydrogens is 240 g/mol. The van der Waals surface area contributed by atoms with E-state index in [0.717, 1.165) is 19.8 Å². The van der Waals surface area contributed by atoms with E-state index >= 15 is 0 Å². The van der Waals surface area contributed by atoms with Gasteiger partial charge in [0.15, 0.2) is 0 Å². The predicted octanol–water partition coefficient (Wildman–Crippen LogP) is 0.0361. The van der Waals surface area contributed by atoms with Crippen molar-refractivity contribution in [3.05, 3.63) is 0 Å². The second-order valence-corrected chi connectivity index (χ2v) is 1.58. The molecule has 0 saturated carbocycles. The van der Waals surface area contributed by atoms with Crippen molar-refractivity contribution in [2.45, 2.75) is 4.81 Å². The Morgan fingerprint density at radius 3 is 2.20 bits per heavy atom. The van der Waals surface area contributed by atoms with Crippen LogP contribution in [0.4, 0.5) is 0 Å². The Bertz CT molecular complexity index is 42.9. The van der Waals surface area contributed by atoms with E-state index in [9.17, 15) is 4.79 Å². The van der Waals surface area contributed by atoms with Gasteiger partial charge in [-0.15, -0.1) is 0 Å². The molecule has 0 atom stereocenters. The fourth-order valence-electron chi connectivity index (χ4n) is 0. The first-order valence-electron chi connectivity index (χ1n) is 1.07. The van der Waals surface area contributed by atoms with Gasteiger partial charge < -0.3 is 0 Å². The van der Waals surface area contributed by atoms with Gasteiger partial charge in [-0.25, -0.2) is 0 Å². The van der Waals surface area contributed by atoms with Crippen molar-refractivity contribution in [3.8, 4) is 0 Å². The molecule has 0 heterocycles. The molecule has 5 heavy (non-hydrogen) atoms. The maximum absolute atomic E-state index is 9.39. The maximum atomic E-state index is 9.39. The van der Waals surface area contributed by atoms with E-state index in [4.69, 9.17) is 5.11 Å². The molecule has 0 aliphatic rings. The summed E-state index contributed by atoms with van der Waals surface area (Å²) < 4.78 is 0. The Morgan fingerprint density at radius 2 is 2.20 bits per heavy atom. The third kappa shape index (κ3) is 4.16. The van der Waals surface area contributed by atoms with Crippen molar-refractivity contribution < 1.29 is 29.7 Å². The molecule has 0 fully saturated rings. The fourth-order valence-corrected chi connectivity index (χ4v) is 0. The van der Waals surface area contributed by atoms with Crippen LogP contribution in [0.2, 0.25) is 4.81 Å². The first-order chi connectivity index (χ1) is 2.27. The summed E-state index contributed by atoms with van der Waals surface area (Å²) in [6.45, 7) is 0. The Balaban J connectivity index is 2.85. The monoisotopic (exact) mass is 243 g/mol. The van der Waals surface area contributed by atoms with Gasteiger partial charge in [-0.05, 0) is 0 Å². The van der Waals surface area contributed by atoms with Gasteiger partial charge in [0.25, 0.3) is 0 Å². The van der Waals surface area contributed by atoms with Crippen molar-refractivity contribution in [3.63, 3.8) is 0 Å². The van der Waals surface area contributed by atoms with Crippen LogP contribution in [0.15, 0.2) is 0 Å². The van der Waals surface area contributed by atoms with Crippen LogP contribution in [0.1, 0.15) is 0 Å². The molecule has 0 aromatic carbocycles. The molecule has 3 heteroatoms. The molecule has 0 rings (SSSR count). The number of hydrogen-bond acceptors (Lipinski definition) is 1. The summed E-state index contributed by atoms with van der Waals surface area (Å²) in [6.07, 6.45) is 0. The number of carboxylic acid groups (broad SMARTS) is 1. The number of hydrogen-bond donors (Lipinski definition) is 1. The van der Waals surface area contributed by atoms with Gasteiger partial charge in [0, 0.05) is 0 Å². The van der Waals surface area contributed by atoms with Crippen molar-refractivity contribution in [1.82, 2.24) is 0 Å². The molecule has 0 radical (unpaired) electrons. The number of carbonyl (C=O) groups is 1. The average Bonchev–Trinajstić information content (AvgIpc) is 1.38. The van der Waals surface area contributed by atoms with Gasteiger partial charge in [0.1, 0.15) is 0 Å². The fraction of sp³-hybridized carbons (Fsp3) is 0.500. The molecule has 0 amide bonds. The van der Waals surface area contributed by atoms with Gasteiger partial charge in [-0.2, -0.15) is 0 Å². The molecule has 0 aromatic heterocycles. The van der Waals surface area contributed by atoms with Crippen LogP contribution in [0, 0.1) is 0 Å². The molecule has 0 aliphatic carbocycles. The summed E-state index contributed by atoms with van der Waals surface area (Å²) >= 11 is 1.10. The summed E-state index contributed by atoms with van der Waals surface area (Å²) in [4.78, 5) is 9.69. The van der Waals surface area contributed by atoms with Crippen LogP contribution < -0.4 is 0 Å². The topological polar surface area (TPSA) is 37.3 Å². The van der Waals surface area contributed by atoms with Crippen molar-refractivity contribution in [2.75, 3.05) is 0 Å². The number of rotatable bonds is 1. The van der Waals surface area contributed by atoms with E-state index in [1.54, 1.807) is 0 Å². The predicted molar refractivity (Wildman–Crippen MR) is 12.4 cm³/mol. The van der Waals surface area contributed by atoms with E-state index in [1.165, 1.54) is 0 Å². The molecular formula is C2H3O2W. The van der Waals surface area contributed by atoms with Crippen LogP contribution in [0.25, 0.3) is 0 Å². The van der Waals surface area contributed by atoms with Gasteiger partial charge in [0.05, 0.1) is 0 Å². The first kappa shape index (κ1) is 5.16. The second-order valence-electron chi connectivity index (χ2n) is 0.538. The third-order valence-corrected chi connectivity index (χ3v) is 1.01. The van der Waals surface area contributed by atoms with E-state index < -0.39 is 5.97 Å². The zero-order valence-corrected chi connectivity index (χ0v) is 5.40. The normalized spacial score (nSPS) is 7.20. The van der Waals surface area contributed by atoms with Crippen LogP contribution in [0.3, 0.4) is 0 Å². The quantitative estimate of drug-likeness (QED) is 0.705. The van der Waals surface area contributed by atoms with E-state index in [0.29, 0.717) is 4.81 Å². The first-order valence-corrected chi connectivity index (χ1v) is 3.14. The molecule has 0 saturated heterocycles. The van der Waals surface area contributed by atoms with Crippen molar-refractivity contribution >= 4 is 5.97 Å². The van der Waals surface area contributed by atoms with E-state index in [2.05, 4.69) is 0 Å². The molecule has 0 spiro atoms. The van der Waals surface area contributed by atoms with Crippen LogP contribution in [-0.4, -0.2) is 11.1 Å². The van der Waals surface area contributed by atoms with Crippen LogP contribution in [0.5, 0.6) is 0 Å². The molecule has 2 nitrogen and oxygen atoms in total. The molecule has 1 N–H and O–H groups in total. The minimum atomic E-state index is -0.708. The van der Waals surface area contributed by atoms with Gasteiger partial charge in [-0.1, -0.05) is 0 Å². The summed E-state index contributed by atoms with van der Waals surface area (Å²) in [5.74, 6) is -0.708. The van der Waals surface area contributed by atoms with Gasteiger partial charge in [-0.3, -0.25) is 0 Å². The van der Waals surface area contributed by atoms with Crippen LogP contribution >= 0.6 is 0 Å². The number of carboxylic acids is 1. The Labute approximate surface area is 41.1 Å². The molecule has 0 aliphatic heterocycles. The molecule has 0 bridgehead atoms. The Kier molecular flexibility index (Phi) is 2.47. The molecule has 0 unspecified atom stereocenters. The standard InChI is InChI=1S/C2H3O2.W/c1-2(3)4;/h1H2,(H,3,4);.